The van der Waals surface area contributed by atoms with Crippen LogP contribution in [0.4, 0.5) is 10.1 Å². The van der Waals surface area contributed by atoms with Gasteiger partial charge in [-0.1, -0.05) is 31.2 Å². The Labute approximate surface area is 181 Å². The molecule has 0 bridgehead atoms. The fraction of sp³-hybridized carbons (Fsp3) is 0.320. The molecule has 2 aromatic rings. The first-order valence-corrected chi connectivity index (χ1v) is 10.5. The molecule has 0 unspecified atom stereocenters. The van der Waals surface area contributed by atoms with Gasteiger partial charge in [-0.25, -0.2) is 4.39 Å². The molecule has 0 saturated carbocycles. The molecule has 2 N–H and O–H groups in total. The van der Waals surface area contributed by atoms with Crippen LogP contribution in [-0.4, -0.2) is 41.2 Å². The summed E-state index contributed by atoms with van der Waals surface area (Å²) in [4.78, 5) is 14.8. The molecule has 2 aliphatic heterocycles. The molecule has 0 spiro atoms. The van der Waals surface area contributed by atoms with Crippen LogP contribution in [0, 0.1) is 5.82 Å². The van der Waals surface area contributed by atoms with Crippen LogP contribution in [-0.2, 0) is 16.1 Å². The summed E-state index contributed by atoms with van der Waals surface area (Å²) < 4.78 is 20.0. The minimum Gasteiger partial charge on any atom is -0.482 e. The highest BCUT2D eigenvalue weighted by Crippen LogP contribution is 2.44. The van der Waals surface area contributed by atoms with Gasteiger partial charge in [0.05, 0.1) is 12.2 Å². The molecule has 0 aliphatic carbocycles. The molecule has 2 aromatic carbocycles. The highest BCUT2D eigenvalue weighted by molar-refractivity contribution is 6.32. The van der Waals surface area contributed by atoms with E-state index in [2.05, 4.69) is 41.4 Å². The molecule has 5 nitrogen and oxygen atoms in total. The average Bonchev–Trinajstić information content (AvgIpc) is 3.22. The second kappa shape index (κ2) is 8.29. The average molecular weight is 423 g/mol. The molecule has 4 rings (SSSR count). The van der Waals surface area contributed by atoms with Gasteiger partial charge in [0, 0.05) is 29.9 Å². The molecular weight excluding hydrogens is 395 g/mol. The van der Waals surface area contributed by atoms with Crippen LogP contribution in [0.25, 0.3) is 11.1 Å². The van der Waals surface area contributed by atoms with E-state index in [1.54, 1.807) is 6.07 Å². The molecule has 0 aromatic heterocycles. The predicted molar refractivity (Wildman–Crippen MR) is 120 cm³/mol. The number of aliphatic hydroxyl groups is 1. The number of hydrogen-bond donors (Lipinski definition) is 2. The maximum Gasteiger partial charge on any atom is 0.260 e. The van der Waals surface area contributed by atoms with Crippen LogP contribution < -0.4 is 5.32 Å². The second-order valence-electron chi connectivity index (χ2n) is 8.34. The standard InChI is InChI=1S/C25H27FN2O3/c1-4-28(11-12-29)15-16-5-7-17(8-6-16)20-14-22(31-25(20,2)3)23-19-13-18(26)9-10-21(19)27-24(23)30/h5-10,13-14,29H,4,11-12,15H2,1-3H3,(H,27,30)/b23-22+. The van der Waals surface area contributed by atoms with Gasteiger partial charge < -0.3 is 15.2 Å². The molecule has 162 valence electrons. The molecule has 0 atom stereocenters. The summed E-state index contributed by atoms with van der Waals surface area (Å²) in [6.07, 6.45) is 1.88. The summed E-state index contributed by atoms with van der Waals surface area (Å²) in [5.74, 6) is -0.235. The fourth-order valence-electron chi connectivity index (χ4n) is 4.14. The molecule has 6 heteroatoms. The monoisotopic (exact) mass is 422 g/mol. The van der Waals surface area contributed by atoms with Crippen LogP contribution in [0.2, 0.25) is 0 Å². The highest BCUT2D eigenvalue weighted by Gasteiger charge is 2.38. The van der Waals surface area contributed by atoms with Crippen molar-refractivity contribution in [3.05, 3.63) is 76.8 Å². The summed E-state index contributed by atoms with van der Waals surface area (Å²) in [6, 6.07) is 12.5. The minimum absolute atomic E-state index is 0.141. The first-order chi connectivity index (χ1) is 14.8. The topological polar surface area (TPSA) is 61.8 Å². The maximum atomic E-state index is 13.8. The zero-order valence-corrected chi connectivity index (χ0v) is 18.0. The van der Waals surface area contributed by atoms with E-state index >= 15 is 0 Å². The van der Waals surface area contributed by atoms with Gasteiger partial charge in [-0.15, -0.1) is 0 Å². The normalized spacial score (nSPS) is 19.3. The van der Waals surface area contributed by atoms with Gasteiger partial charge >= 0.3 is 0 Å². The Morgan fingerprint density at radius 1 is 1.16 bits per heavy atom. The lowest BCUT2D eigenvalue weighted by Gasteiger charge is -2.24. The molecule has 0 saturated heterocycles. The van der Waals surface area contributed by atoms with E-state index in [9.17, 15) is 14.3 Å². The number of carbonyl (C=O) groups is 1. The van der Waals surface area contributed by atoms with Crippen LogP contribution in [0.1, 0.15) is 37.5 Å². The number of anilines is 1. The Balaban J connectivity index is 1.67. The summed E-state index contributed by atoms with van der Waals surface area (Å²) in [5.41, 5.74) is 3.96. The van der Waals surface area contributed by atoms with Crippen LogP contribution >= 0.6 is 0 Å². The smallest absolute Gasteiger partial charge is 0.260 e. The van der Waals surface area contributed by atoms with Gasteiger partial charge in [0.15, 0.2) is 0 Å². The number of rotatable bonds is 6. The van der Waals surface area contributed by atoms with Crippen molar-refractivity contribution < 1.29 is 19.0 Å². The molecular formula is C25H27FN2O3. The lowest BCUT2D eigenvalue weighted by atomic mass is 9.91. The maximum absolute atomic E-state index is 13.8. The summed E-state index contributed by atoms with van der Waals surface area (Å²) in [5, 5.41) is 12.0. The van der Waals surface area contributed by atoms with Crippen molar-refractivity contribution in [3.8, 4) is 0 Å². The summed E-state index contributed by atoms with van der Waals surface area (Å²) in [6.45, 7) is 8.42. The number of carbonyl (C=O) groups excluding carboxylic acids is 1. The number of halogens is 1. The van der Waals surface area contributed by atoms with Gasteiger partial charge in [-0.05, 0) is 55.8 Å². The van der Waals surface area contributed by atoms with Crippen molar-refractivity contribution in [3.63, 3.8) is 0 Å². The first kappa shape index (κ1) is 21.3. The number of benzene rings is 2. The number of likely N-dealkylation sites (N-methyl/N-ethyl adjacent to an activating group) is 1. The van der Waals surface area contributed by atoms with E-state index in [-0.39, 0.29) is 12.5 Å². The number of hydrogen-bond acceptors (Lipinski definition) is 4. The van der Waals surface area contributed by atoms with Crippen molar-refractivity contribution in [2.75, 3.05) is 25.0 Å². The van der Waals surface area contributed by atoms with E-state index in [4.69, 9.17) is 4.74 Å². The van der Waals surface area contributed by atoms with Gasteiger partial charge in [-0.3, -0.25) is 9.69 Å². The van der Waals surface area contributed by atoms with Crippen LogP contribution in [0.15, 0.2) is 54.3 Å². The molecule has 0 radical (unpaired) electrons. The van der Waals surface area contributed by atoms with E-state index < -0.39 is 11.4 Å². The van der Waals surface area contributed by atoms with E-state index in [1.807, 2.05) is 19.9 Å². The molecule has 1 amide bonds. The number of ether oxygens (including phenoxy) is 1. The number of amides is 1. The molecule has 0 fully saturated rings. The van der Waals surface area contributed by atoms with Crippen molar-refractivity contribution >= 4 is 22.7 Å². The number of fused-ring (bicyclic) bond motifs is 1. The van der Waals surface area contributed by atoms with Crippen LogP contribution in [0.5, 0.6) is 0 Å². The third kappa shape index (κ3) is 4.13. The Kier molecular flexibility index (Phi) is 5.69. The highest BCUT2D eigenvalue weighted by atomic mass is 19.1. The Bertz CT molecular complexity index is 1070. The Morgan fingerprint density at radius 2 is 1.90 bits per heavy atom. The second-order valence-corrected chi connectivity index (χ2v) is 8.34. The predicted octanol–water partition coefficient (Wildman–Crippen LogP) is 4.20. The number of nitrogens with zero attached hydrogens (tertiary/aromatic N) is 1. The lowest BCUT2D eigenvalue weighted by molar-refractivity contribution is -0.111. The van der Waals surface area contributed by atoms with Gasteiger partial charge in [0.2, 0.25) is 0 Å². The largest absolute Gasteiger partial charge is 0.482 e. The number of allylic oxidation sites excluding steroid dienone is 1. The molecule has 2 aliphatic rings. The van der Waals surface area contributed by atoms with Crippen LogP contribution in [0.3, 0.4) is 0 Å². The first-order valence-electron chi connectivity index (χ1n) is 10.5. The minimum atomic E-state index is -0.632. The van der Waals surface area contributed by atoms with Crippen molar-refractivity contribution in [1.29, 1.82) is 0 Å². The van der Waals surface area contributed by atoms with Gasteiger partial charge in [0.25, 0.3) is 5.91 Å². The lowest BCUT2D eigenvalue weighted by Crippen LogP contribution is -2.26. The van der Waals surface area contributed by atoms with Crippen molar-refractivity contribution in [2.45, 2.75) is 32.9 Å². The number of aliphatic hydroxyl groups excluding tert-OH is 1. The zero-order valence-electron chi connectivity index (χ0n) is 18.0. The molecule has 31 heavy (non-hydrogen) atoms. The third-order valence-corrected chi connectivity index (χ3v) is 5.80. The fourth-order valence-corrected chi connectivity index (χ4v) is 4.14. The van der Waals surface area contributed by atoms with E-state index in [1.165, 1.54) is 12.1 Å². The summed E-state index contributed by atoms with van der Waals surface area (Å²) >= 11 is 0. The van der Waals surface area contributed by atoms with Gasteiger partial charge in [-0.2, -0.15) is 0 Å². The Hall–Kier alpha value is -2.96. The number of nitrogens with one attached hydrogen (secondary N) is 1. The SMILES string of the molecule is CCN(CCO)Cc1ccc(C2=C/C(=C3\C(=O)Nc4ccc(F)cc43)OC2(C)C)cc1. The van der Waals surface area contributed by atoms with Gasteiger partial charge in [0.1, 0.15) is 17.2 Å². The summed E-state index contributed by atoms with van der Waals surface area (Å²) in [7, 11) is 0. The quantitative estimate of drug-likeness (QED) is 0.685. The van der Waals surface area contributed by atoms with E-state index in [0.29, 0.717) is 29.1 Å². The van der Waals surface area contributed by atoms with E-state index in [0.717, 1.165) is 29.8 Å². The zero-order chi connectivity index (χ0) is 22.2. The molecule has 2 heterocycles. The third-order valence-electron chi connectivity index (χ3n) is 5.80. The Morgan fingerprint density at radius 3 is 2.58 bits per heavy atom. The van der Waals surface area contributed by atoms with Crippen molar-refractivity contribution in [2.24, 2.45) is 0 Å². The van der Waals surface area contributed by atoms with Crippen molar-refractivity contribution in [1.82, 2.24) is 4.90 Å².